The predicted octanol–water partition coefficient (Wildman–Crippen LogP) is 1.25. The molecule has 0 saturated carbocycles. The third-order valence-corrected chi connectivity index (χ3v) is 1.35. The third kappa shape index (κ3) is 1.94. The van der Waals surface area contributed by atoms with Crippen molar-refractivity contribution in [3.8, 4) is 6.07 Å². The molecule has 0 unspecified atom stereocenters. The van der Waals surface area contributed by atoms with E-state index >= 15 is 0 Å². The van der Waals surface area contributed by atoms with E-state index in [2.05, 4.69) is 10.2 Å². The Morgan fingerprint density at radius 2 is 2.33 bits per heavy atom. The van der Waals surface area contributed by atoms with Crippen LogP contribution in [0.2, 0.25) is 5.15 Å². The molecule has 0 aliphatic carbocycles. The molecule has 1 heterocycles. The molecular formula is C7H5ClN4. The van der Waals surface area contributed by atoms with Crippen LogP contribution in [0.4, 0.5) is 5.82 Å². The summed E-state index contributed by atoms with van der Waals surface area (Å²) in [5, 5.41) is 15.6. The maximum Gasteiger partial charge on any atom is 0.153 e. The van der Waals surface area contributed by atoms with Crippen LogP contribution in [-0.4, -0.2) is 10.2 Å². The molecule has 60 valence electrons. The number of halogens is 1. The van der Waals surface area contributed by atoms with Crippen LogP contribution in [0, 0.1) is 11.3 Å². The highest BCUT2D eigenvalue weighted by molar-refractivity contribution is 6.29. The number of nitrogens with two attached hydrogens (primary N) is 1. The molecule has 2 N–H and O–H groups in total. The molecule has 0 spiro atoms. The number of allylic oxidation sites excluding steroid dienone is 1. The van der Waals surface area contributed by atoms with Crippen molar-refractivity contribution in [2.24, 2.45) is 0 Å². The molecule has 0 aliphatic rings. The maximum atomic E-state index is 8.24. The van der Waals surface area contributed by atoms with Crippen molar-refractivity contribution in [2.45, 2.75) is 0 Å². The molecule has 0 aromatic carbocycles. The van der Waals surface area contributed by atoms with Crippen molar-refractivity contribution < 1.29 is 0 Å². The van der Waals surface area contributed by atoms with Crippen LogP contribution in [-0.2, 0) is 0 Å². The van der Waals surface area contributed by atoms with Crippen molar-refractivity contribution in [3.05, 3.63) is 22.9 Å². The van der Waals surface area contributed by atoms with Gasteiger partial charge in [-0.3, -0.25) is 0 Å². The SMILES string of the molecule is N#CC=Cc1cc(Cl)nnc1N. The molecule has 0 radical (unpaired) electrons. The Balaban J connectivity index is 3.07. The van der Waals surface area contributed by atoms with Gasteiger partial charge in [0.05, 0.1) is 6.07 Å². The summed E-state index contributed by atoms with van der Waals surface area (Å²) in [5.41, 5.74) is 6.03. The fourth-order valence-corrected chi connectivity index (χ4v) is 0.806. The van der Waals surface area contributed by atoms with Crippen molar-refractivity contribution in [1.82, 2.24) is 10.2 Å². The van der Waals surface area contributed by atoms with Crippen molar-refractivity contribution in [1.29, 1.82) is 5.26 Å². The molecule has 12 heavy (non-hydrogen) atoms. The lowest BCUT2D eigenvalue weighted by molar-refractivity contribution is 1.04. The van der Waals surface area contributed by atoms with Crippen LogP contribution in [0.5, 0.6) is 0 Å². The van der Waals surface area contributed by atoms with E-state index in [9.17, 15) is 0 Å². The molecule has 0 aliphatic heterocycles. The van der Waals surface area contributed by atoms with Gasteiger partial charge in [-0.1, -0.05) is 11.6 Å². The first-order valence-corrected chi connectivity index (χ1v) is 3.46. The van der Waals surface area contributed by atoms with E-state index in [1.54, 1.807) is 0 Å². The lowest BCUT2D eigenvalue weighted by Crippen LogP contribution is -1.95. The topological polar surface area (TPSA) is 75.6 Å². The zero-order chi connectivity index (χ0) is 8.97. The predicted molar refractivity (Wildman–Crippen MR) is 46.1 cm³/mol. The molecule has 5 heteroatoms. The summed E-state index contributed by atoms with van der Waals surface area (Å²) in [4.78, 5) is 0. The minimum atomic E-state index is 0.252. The molecular weight excluding hydrogens is 176 g/mol. The van der Waals surface area contributed by atoms with E-state index in [1.807, 2.05) is 6.07 Å². The number of rotatable bonds is 1. The van der Waals surface area contributed by atoms with Gasteiger partial charge in [-0.2, -0.15) is 5.26 Å². The molecule has 0 amide bonds. The molecule has 0 saturated heterocycles. The number of nitrogen functional groups attached to an aromatic ring is 1. The van der Waals surface area contributed by atoms with Gasteiger partial charge in [0, 0.05) is 11.6 Å². The minimum Gasteiger partial charge on any atom is -0.382 e. The molecule has 1 aromatic heterocycles. The van der Waals surface area contributed by atoms with Crippen LogP contribution in [0.1, 0.15) is 5.56 Å². The maximum absolute atomic E-state index is 8.24. The Morgan fingerprint density at radius 3 is 3.00 bits per heavy atom. The Morgan fingerprint density at radius 1 is 1.58 bits per heavy atom. The van der Waals surface area contributed by atoms with Crippen LogP contribution in [0.3, 0.4) is 0 Å². The summed E-state index contributed by atoms with van der Waals surface area (Å²) in [6.45, 7) is 0. The van der Waals surface area contributed by atoms with Gasteiger partial charge in [-0.15, -0.1) is 10.2 Å². The van der Waals surface area contributed by atoms with Crippen molar-refractivity contribution >= 4 is 23.5 Å². The van der Waals surface area contributed by atoms with Crippen molar-refractivity contribution in [3.63, 3.8) is 0 Å². The standard InChI is InChI=1S/C7H5ClN4/c8-6-4-5(2-1-3-9)7(10)12-11-6/h1-2,4H,(H2,10,12). The third-order valence-electron chi connectivity index (χ3n) is 1.16. The average molecular weight is 181 g/mol. The second-order valence-corrected chi connectivity index (χ2v) is 2.36. The van der Waals surface area contributed by atoms with E-state index in [4.69, 9.17) is 22.6 Å². The van der Waals surface area contributed by atoms with Gasteiger partial charge in [-0.25, -0.2) is 0 Å². The summed E-state index contributed by atoms with van der Waals surface area (Å²) in [6, 6.07) is 3.37. The number of nitrogens with zero attached hydrogens (tertiary/aromatic N) is 3. The Labute approximate surface area is 74.3 Å². The van der Waals surface area contributed by atoms with E-state index in [1.165, 1.54) is 18.2 Å². The van der Waals surface area contributed by atoms with Gasteiger partial charge >= 0.3 is 0 Å². The molecule has 4 nitrogen and oxygen atoms in total. The molecule has 1 aromatic rings. The number of anilines is 1. The summed E-state index contributed by atoms with van der Waals surface area (Å²) >= 11 is 5.55. The average Bonchev–Trinajstić information content (AvgIpc) is 2.07. The van der Waals surface area contributed by atoms with Gasteiger partial charge in [0.25, 0.3) is 0 Å². The van der Waals surface area contributed by atoms with Crippen LogP contribution in [0.15, 0.2) is 12.1 Å². The van der Waals surface area contributed by atoms with Gasteiger partial charge in [0.1, 0.15) is 0 Å². The number of hydrogen-bond acceptors (Lipinski definition) is 4. The normalized spacial score (nSPS) is 10.0. The lowest BCUT2D eigenvalue weighted by atomic mass is 10.2. The largest absolute Gasteiger partial charge is 0.382 e. The van der Waals surface area contributed by atoms with E-state index in [0.717, 1.165) is 0 Å². The summed E-state index contributed by atoms with van der Waals surface area (Å²) < 4.78 is 0. The monoisotopic (exact) mass is 180 g/mol. The molecule has 0 atom stereocenters. The minimum absolute atomic E-state index is 0.252. The molecule has 1 rings (SSSR count). The van der Waals surface area contributed by atoms with Crippen LogP contribution < -0.4 is 5.73 Å². The second kappa shape index (κ2) is 3.69. The highest BCUT2D eigenvalue weighted by Gasteiger charge is 1.97. The number of aromatic nitrogens is 2. The zero-order valence-corrected chi connectivity index (χ0v) is 6.78. The smallest absolute Gasteiger partial charge is 0.153 e. The quantitative estimate of drug-likeness (QED) is 0.660. The van der Waals surface area contributed by atoms with E-state index in [0.29, 0.717) is 5.56 Å². The highest BCUT2D eigenvalue weighted by atomic mass is 35.5. The molecule has 0 bridgehead atoms. The van der Waals surface area contributed by atoms with Gasteiger partial charge in [0.15, 0.2) is 11.0 Å². The van der Waals surface area contributed by atoms with Gasteiger partial charge < -0.3 is 5.73 Å². The molecule has 0 fully saturated rings. The Hall–Kier alpha value is -1.60. The fourth-order valence-electron chi connectivity index (χ4n) is 0.651. The highest BCUT2D eigenvalue weighted by Crippen LogP contribution is 2.13. The van der Waals surface area contributed by atoms with Crippen LogP contribution in [0.25, 0.3) is 6.08 Å². The first kappa shape index (κ1) is 8.50. The first-order chi connectivity index (χ1) is 5.74. The van der Waals surface area contributed by atoms with Gasteiger partial charge in [0.2, 0.25) is 0 Å². The van der Waals surface area contributed by atoms with Crippen LogP contribution >= 0.6 is 11.6 Å². The second-order valence-electron chi connectivity index (χ2n) is 1.97. The Bertz CT molecular complexity index is 353. The lowest BCUT2D eigenvalue weighted by Gasteiger charge is -1.96. The summed E-state index contributed by atoms with van der Waals surface area (Å²) in [5.74, 6) is 0.255. The van der Waals surface area contributed by atoms with E-state index < -0.39 is 0 Å². The first-order valence-electron chi connectivity index (χ1n) is 3.09. The van der Waals surface area contributed by atoms with E-state index in [-0.39, 0.29) is 11.0 Å². The van der Waals surface area contributed by atoms with Gasteiger partial charge in [-0.05, 0) is 12.1 Å². The Kier molecular flexibility index (Phi) is 2.62. The number of hydrogen-bond donors (Lipinski definition) is 1. The number of nitriles is 1. The summed E-state index contributed by atoms with van der Waals surface area (Å²) in [7, 11) is 0. The fraction of sp³-hybridized carbons (Fsp3) is 0. The summed E-state index contributed by atoms with van der Waals surface area (Å²) in [6.07, 6.45) is 2.82. The van der Waals surface area contributed by atoms with Crippen molar-refractivity contribution in [2.75, 3.05) is 5.73 Å². The zero-order valence-electron chi connectivity index (χ0n) is 6.03.